The van der Waals surface area contributed by atoms with E-state index in [1.165, 1.54) is 16.6 Å². The van der Waals surface area contributed by atoms with Crippen molar-refractivity contribution in [1.29, 1.82) is 5.26 Å². The number of carbonyl (C=O) groups excluding carboxylic acids is 1. The first-order chi connectivity index (χ1) is 12.3. The van der Waals surface area contributed by atoms with Gasteiger partial charge in [0.15, 0.2) is 5.16 Å². The van der Waals surface area contributed by atoms with Crippen LogP contribution in [0.4, 0.5) is 5.69 Å². The van der Waals surface area contributed by atoms with E-state index < -0.39 is 0 Å². The average Bonchev–Trinajstić information content (AvgIpc) is 3.30. The number of thioether (sulfide) groups is 1. The normalized spacial score (nSPS) is 10.4. The Kier molecular flexibility index (Phi) is 5.82. The summed E-state index contributed by atoms with van der Waals surface area (Å²) in [5, 5.41) is 22.6. The Bertz CT molecular complexity index is 883. The van der Waals surface area contributed by atoms with Gasteiger partial charge in [0.25, 0.3) is 0 Å². The van der Waals surface area contributed by atoms with Crippen molar-refractivity contribution in [3.05, 3.63) is 58.5 Å². The quantitative estimate of drug-likeness (QED) is 0.647. The van der Waals surface area contributed by atoms with E-state index in [9.17, 15) is 4.79 Å². The highest BCUT2D eigenvalue weighted by atomic mass is 32.2. The van der Waals surface area contributed by atoms with Gasteiger partial charge in [0, 0.05) is 11.4 Å². The summed E-state index contributed by atoms with van der Waals surface area (Å²) in [4.78, 5) is 13.4. The van der Waals surface area contributed by atoms with Crippen molar-refractivity contribution >= 4 is 34.7 Å². The summed E-state index contributed by atoms with van der Waals surface area (Å²) in [6.07, 6.45) is 2.59. The molecule has 8 heteroatoms. The first kappa shape index (κ1) is 17.2. The maximum atomic E-state index is 12.1. The molecule has 0 saturated carbocycles. The smallest absolute Gasteiger partial charge is 0.234 e. The van der Waals surface area contributed by atoms with Crippen LogP contribution in [0.5, 0.6) is 0 Å². The minimum Gasteiger partial charge on any atom is -0.324 e. The molecule has 6 nitrogen and oxygen atoms in total. The molecule has 0 spiro atoms. The molecule has 0 aliphatic carbocycles. The number of aryl methyl sites for hydroxylation is 2. The largest absolute Gasteiger partial charge is 0.324 e. The lowest BCUT2D eigenvalue weighted by Crippen LogP contribution is -2.15. The molecule has 2 aromatic heterocycles. The fourth-order valence-corrected chi connectivity index (χ4v) is 3.64. The summed E-state index contributed by atoms with van der Waals surface area (Å²) < 4.78 is 1.95. The molecular weight excluding hydrogens is 354 g/mol. The highest BCUT2D eigenvalue weighted by molar-refractivity contribution is 7.99. The van der Waals surface area contributed by atoms with Crippen LogP contribution in [-0.2, 0) is 17.8 Å². The van der Waals surface area contributed by atoms with Gasteiger partial charge in [-0.25, -0.2) is 0 Å². The molecule has 1 aromatic carbocycles. The fourth-order valence-electron chi connectivity index (χ4n) is 2.20. The standard InChI is InChI=1S/C17H15N5OS2/c18-10-13-4-1-2-6-15(13)20-16(23)11-25-17-21-19-12-22(17)8-7-14-5-3-9-24-14/h1-6,9,12H,7-8,11H2,(H,20,23). The lowest BCUT2D eigenvalue weighted by Gasteiger charge is -2.07. The molecule has 3 rings (SSSR count). The monoisotopic (exact) mass is 369 g/mol. The molecule has 0 bridgehead atoms. The summed E-state index contributed by atoms with van der Waals surface area (Å²) in [6.45, 7) is 0.773. The molecule has 0 unspecified atom stereocenters. The van der Waals surface area contributed by atoms with Gasteiger partial charge in [-0.15, -0.1) is 21.5 Å². The second-order valence-corrected chi connectivity index (χ2v) is 7.11. The number of aromatic nitrogens is 3. The Morgan fingerprint density at radius 3 is 3.00 bits per heavy atom. The molecule has 0 atom stereocenters. The summed E-state index contributed by atoms with van der Waals surface area (Å²) in [5.74, 6) is 0.0257. The van der Waals surface area contributed by atoms with E-state index in [1.807, 2.05) is 10.6 Å². The van der Waals surface area contributed by atoms with Gasteiger partial charge >= 0.3 is 0 Å². The van der Waals surface area contributed by atoms with Crippen LogP contribution in [0.3, 0.4) is 0 Å². The van der Waals surface area contributed by atoms with Crippen LogP contribution < -0.4 is 5.32 Å². The van der Waals surface area contributed by atoms with E-state index in [-0.39, 0.29) is 11.7 Å². The average molecular weight is 369 g/mol. The molecule has 1 N–H and O–H groups in total. The lowest BCUT2D eigenvalue weighted by molar-refractivity contribution is -0.113. The zero-order chi connectivity index (χ0) is 17.5. The number of amides is 1. The Balaban J connectivity index is 1.54. The van der Waals surface area contributed by atoms with Crippen LogP contribution in [-0.4, -0.2) is 26.4 Å². The minimum absolute atomic E-state index is 0.180. The second kappa shape index (κ2) is 8.46. The zero-order valence-corrected chi connectivity index (χ0v) is 14.9. The number of hydrogen-bond donors (Lipinski definition) is 1. The predicted octanol–water partition coefficient (Wildman–Crippen LogP) is 3.18. The molecule has 126 valence electrons. The van der Waals surface area contributed by atoms with E-state index in [4.69, 9.17) is 5.26 Å². The van der Waals surface area contributed by atoms with Crippen LogP contribution in [0.1, 0.15) is 10.4 Å². The first-order valence-electron chi connectivity index (χ1n) is 7.58. The molecule has 0 aliphatic rings. The third-order valence-electron chi connectivity index (χ3n) is 3.41. The van der Waals surface area contributed by atoms with Crippen LogP contribution in [0.15, 0.2) is 53.3 Å². The number of nitriles is 1. The van der Waals surface area contributed by atoms with Gasteiger partial charge in [-0.3, -0.25) is 4.79 Å². The third kappa shape index (κ3) is 4.68. The molecule has 0 radical (unpaired) electrons. The molecule has 25 heavy (non-hydrogen) atoms. The molecule has 0 fully saturated rings. The zero-order valence-electron chi connectivity index (χ0n) is 13.3. The number of benzene rings is 1. The number of hydrogen-bond acceptors (Lipinski definition) is 6. The third-order valence-corrected chi connectivity index (χ3v) is 5.33. The van der Waals surface area contributed by atoms with E-state index in [1.54, 1.807) is 41.9 Å². The highest BCUT2D eigenvalue weighted by Crippen LogP contribution is 2.18. The maximum absolute atomic E-state index is 12.1. The van der Waals surface area contributed by atoms with Crippen molar-refractivity contribution in [3.8, 4) is 6.07 Å². The Hall–Kier alpha value is -2.63. The Labute approximate surface area is 153 Å². The lowest BCUT2D eigenvalue weighted by atomic mass is 10.2. The van der Waals surface area contributed by atoms with Crippen molar-refractivity contribution in [3.63, 3.8) is 0 Å². The van der Waals surface area contributed by atoms with Gasteiger partial charge < -0.3 is 9.88 Å². The van der Waals surface area contributed by atoms with Crippen molar-refractivity contribution < 1.29 is 4.79 Å². The van der Waals surface area contributed by atoms with E-state index in [2.05, 4.69) is 33.0 Å². The summed E-state index contributed by atoms with van der Waals surface area (Å²) in [7, 11) is 0. The topological polar surface area (TPSA) is 83.6 Å². The van der Waals surface area contributed by atoms with Crippen molar-refractivity contribution in [1.82, 2.24) is 14.8 Å². The van der Waals surface area contributed by atoms with Gasteiger partial charge in [0.05, 0.1) is 17.0 Å². The molecule has 0 aliphatic heterocycles. The highest BCUT2D eigenvalue weighted by Gasteiger charge is 2.11. The number of para-hydroxylation sites is 1. The summed E-state index contributed by atoms with van der Waals surface area (Å²) >= 11 is 3.05. The first-order valence-corrected chi connectivity index (χ1v) is 9.45. The minimum atomic E-state index is -0.180. The van der Waals surface area contributed by atoms with E-state index in [0.29, 0.717) is 16.4 Å². The SMILES string of the molecule is N#Cc1ccccc1NC(=O)CSc1nncn1CCc1cccs1. The molecule has 0 saturated heterocycles. The van der Waals surface area contributed by atoms with Crippen molar-refractivity contribution in [2.45, 2.75) is 18.1 Å². The van der Waals surface area contributed by atoms with Gasteiger partial charge in [-0.2, -0.15) is 5.26 Å². The number of nitrogens with one attached hydrogen (secondary N) is 1. The molecule has 1 amide bonds. The molecule has 3 aromatic rings. The number of rotatable bonds is 7. The van der Waals surface area contributed by atoms with Crippen LogP contribution in [0.25, 0.3) is 0 Å². The number of carbonyl (C=O) groups is 1. The second-order valence-electron chi connectivity index (χ2n) is 5.13. The van der Waals surface area contributed by atoms with E-state index in [0.717, 1.165) is 13.0 Å². The number of thiophene rings is 1. The molecule has 2 heterocycles. The van der Waals surface area contributed by atoms with Crippen molar-refractivity contribution in [2.75, 3.05) is 11.1 Å². The van der Waals surface area contributed by atoms with Crippen LogP contribution >= 0.6 is 23.1 Å². The fraction of sp³-hybridized carbons (Fsp3) is 0.176. The molecular formula is C17H15N5OS2. The van der Waals surface area contributed by atoms with Gasteiger partial charge in [-0.1, -0.05) is 30.0 Å². The predicted molar refractivity (Wildman–Crippen MR) is 98.6 cm³/mol. The van der Waals surface area contributed by atoms with Crippen LogP contribution in [0, 0.1) is 11.3 Å². The van der Waals surface area contributed by atoms with E-state index >= 15 is 0 Å². The summed E-state index contributed by atoms with van der Waals surface area (Å²) in [5.41, 5.74) is 0.967. The number of anilines is 1. The number of nitrogens with zero attached hydrogens (tertiary/aromatic N) is 4. The maximum Gasteiger partial charge on any atom is 0.234 e. The van der Waals surface area contributed by atoms with Crippen LogP contribution in [0.2, 0.25) is 0 Å². The van der Waals surface area contributed by atoms with Gasteiger partial charge in [0.1, 0.15) is 12.4 Å². The van der Waals surface area contributed by atoms with Gasteiger partial charge in [0.2, 0.25) is 5.91 Å². The summed E-state index contributed by atoms with van der Waals surface area (Å²) in [6, 6.07) is 13.1. The Morgan fingerprint density at radius 1 is 1.32 bits per heavy atom. The Morgan fingerprint density at radius 2 is 2.20 bits per heavy atom. The van der Waals surface area contributed by atoms with Gasteiger partial charge in [-0.05, 0) is 30.0 Å². The van der Waals surface area contributed by atoms with Crippen molar-refractivity contribution in [2.24, 2.45) is 0 Å².